The molecule has 0 aliphatic heterocycles. The summed E-state index contributed by atoms with van der Waals surface area (Å²) in [5.41, 5.74) is 10.6. The van der Waals surface area contributed by atoms with Crippen LogP contribution in [0.15, 0.2) is 156 Å². The summed E-state index contributed by atoms with van der Waals surface area (Å²) < 4.78 is 13.6. The van der Waals surface area contributed by atoms with Crippen LogP contribution in [0.25, 0.3) is 38.0 Å². The molecule has 2 nitrogen and oxygen atoms in total. The second-order valence-electron chi connectivity index (χ2n) is 13.9. The molecule has 1 aliphatic rings. The minimum absolute atomic E-state index is 0.965. The Balaban J connectivity index is 1.33. The van der Waals surface area contributed by atoms with Gasteiger partial charge in [0.15, 0.2) is 0 Å². The van der Waals surface area contributed by atoms with E-state index in [2.05, 4.69) is 183 Å². The third-order valence-electron chi connectivity index (χ3n) is 10.7. The molecule has 7 heteroatoms. The fourth-order valence-corrected chi connectivity index (χ4v) is 16.3. The predicted molar refractivity (Wildman–Crippen MR) is 247 cm³/mol. The summed E-state index contributed by atoms with van der Waals surface area (Å²) in [7, 11) is -2.44. The summed E-state index contributed by atoms with van der Waals surface area (Å²) in [5, 5.41) is 5.05. The quantitative estimate of drug-likeness (QED) is 0.112. The maximum atomic E-state index is 4.90. The zero-order valence-electron chi connectivity index (χ0n) is 32.3. The van der Waals surface area contributed by atoms with Gasteiger partial charge in [0.05, 0.1) is 0 Å². The summed E-state index contributed by atoms with van der Waals surface area (Å²) in [6.45, 7) is 8.68. The van der Waals surface area contributed by atoms with Crippen LogP contribution >= 0.6 is 41.7 Å². The Kier molecular flexibility index (Phi) is 12.1. The third-order valence-corrected chi connectivity index (χ3v) is 18.7. The number of nitrogens with zero attached hydrogens (tertiary/aromatic N) is 2. The second kappa shape index (κ2) is 17.5. The molecule has 1 aliphatic carbocycles. The topological polar surface area (TPSA) is 25.8 Å². The van der Waals surface area contributed by atoms with Crippen molar-refractivity contribution in [1.82, 2.24) is 8.75 Å². The van der Waals surface area contributed by atoms with Crippen molar-refractivity contribution in [3.05, 3.63) is 176 Å². The van der Waals surface area contributed by atoms with Gasteiger partial charge in [0.25, 0.3) is 0 Å². The van der Waals surface area contributed by atoms with Gasteiger partial charge in [0.2, 0.25) is 0 Å². The van der Waals surface area contributed by atoms with Crippen LogP contribution in [0.1, 0.15) is 54.0 Å². The first-order valence-corrected chi connectivity index (χ1v) is 24.5. The molecular weight excluding hydrogens is 946 g/mol. The molecule has 281 valence electrons. The van der Waals surface area contributed by atoms with E-state index < -0.39 is 7.26 Å². The van der Waals surface area contributed by atoms with E-state index in [0.717, 1.165) is 51.2 Å². The number of thiophene rings is 2. The van der Waals surface area contributed by atoms with Crippen molar-refractivity contribution >= 4 is 74.7 Å². The van der Waals surface area contributed by atoms with Crippen LogP contribution in [-0.4, -0.2) is 8.75 Å². The summed E-state index contributed by atoms with van der Waals surface area (Å²) in [6.07, 6.45) is 12.2. The number of rotatable bonds is 8. The molecule has 1 saturated carbocycles. The molecule has 4 aromatic carbocycles. The van der Waals surface area contributed by atoms with Gasteiger partial charge in [-0.3, -0.25) is 0 Å². The first-order chi connectivity index (χ1) is 28.0. The molecule has 0 atom stereocenters. The van der Waals surface area contributed by atoms with Gasteiger partial charge >= 0.3 is 310 Å². The van der Waals surface area contributed by atoms with Gasteiger partial charge in [-0.05, 0) is 25.1 Å². The molecule has 57 heavy (non-hydrogen) atoms. The van der Waals surface area contributed by atoms with E-state index in [4.69, 9.17) is 8.75 Å². The molecular formula is C50H41N2OsPS3+. The van der Waals surface area contributed by atoms with Crippen LogP contribution < -0.4 is 15.9 Å². The molecule has 0 saturated heterocycles. The first-order valence-electron chi connectivity index (χ1n) is 19.1. The van der Waals surface area contributed by atoms with E-state index in [9.17, 15) is 0 Å². The van der Waals surface area contributed by atoms with Crippen molar-refractivity contribution in [2.45, 2.75) is 47.0 Å². The standard InChI is InChI=1S/C50H41N2PS3.Os/c1-6-18-43-29-31-45(54-43)47-34(3)35(4)48(50-49(47)51-56-52-50)46-32-30-44(55-46)28-27-38(33-39-20-17-19-37(39)7-2)36(5)53(40-21-11-8-12-22-40,41-23-13-9-14-24-41)42-25-15-10-16-26-42;/h6-16,18,21-26,29-33H,17,19-20H2,1-4H3;/q+1;/b18-6+,37-7?,38-36?,39-33?;. The average molecular weight is 987 g/mol. The predicted octanol–water partition coefficient (Wildman–Crippen LogP) is 13.0. The van der Waals surface area contributed by atoms with Gasteiger partial charge in [-0.15, -0.1) is 11.3 Å². The van der Waals surface area contributed by atoms with Crippen molar-refractivity contribution in [3.8, 4) is 37.1 Å². The van der Waals surface area contributed by atoms with Gasteiger partial charge in [-0.1, -0.05) is 6.08 Å². The van der Waals surface area contributed by atoms with E-state index in [1.54, 1.807) is 22.7 Å². The van der Waals surface area contributed by atoms with E-state index in [-0.39, 0.29) is 0 Å². The Morgan fingerprint density at radius 1 is 0.684 bits per heavy atom. The number of fused-ring (bicyclic) bond motifs is 1. The Morgan fingerprint density at radius 3 is 1.77 bits per heavy atom. The summed E-state index contributed by atoms with van der Waals surface area (Å²) >= 11 is 6.64. The van der Waals surface area contributed by atoms with Crippen LogP contribution in [0.4, 0.5) is 0 Å². The number of aromatic nitrogens is 2. The Hall–Kier alpha value is -4.53. The van der Waals surface area contributed by atoms with Gasteiger partial charge in [0.1, 0.15) is 0 Å². The second-order valence-corrected chi connectivity index (χ2v) is 20.6. The van der Waals surface area contributed by atoms with Crippen LogP contribution in [-0.2, 0) is 17.9 Å². The SMILES string of the molecule is CC=C1CCCC1=CC(C#Cc1ccc(-c2c(C)c(C)c(-c3ccc(/C=C/C)s3)c3nsnc23)s1)=C([C]#[Os])[P+](c1ccccc1)(c1ccccc1)c1ccccc1. The van der Waals surface area contributed by atoms with E-state index >= 15 is 0 Å². The number of benzene rings is 4. The molecule has 0 bridgehead atoms. The molecule has 8 rings (SSSR count). The molecule has 1 fully saturated rings. The molecule has 3 aromatic heterocycles. The van der Waals surface area contributed by atoms with Crippen molar-refractivity contribution in [1.29, 1.82) is 0 Å². The summed E-state index contributed by atoms with van der Waals surface area (Å²) in [4.78, 5) is 4.65. The third kappa shape index (κ3) is 7.51. The van der Waals surface area contributed by atoms with Crippen molar-refractivity contribution in [2.75, 3.05) is 0 Å². The van der Waals surface area contributed by atoms with E-state index in [1.165, 1.54) is 70.5 Å². The summed E-state index contributed by atoms with van der Waals surface area (Å²) in [5.74, 6) is 7.52. The number of hydrogen-bond acceptors (Lipinski definition) is 5. The van der Waals surface area contributed by atoms with Crippen molar-refractivity contribution < 1.29 is 17.9 Å². The Bertz CT molecular complexity index is 2720. The van der Waals surface area contributed by atoms with E-state index in [1.807, 2.05) is 17.9 Å². The summed E-state index contributed by atoms with van der Waals surface area (Å²) in [6, 6.07) is 42.0. The van der Waals surface area contributed by atoms with Crippen LogP contribution in [0.3, 0.4) is 0 Å². The molecule has 0 unspecified atom stereocenters. The number of hydrogen-bond donors (Lipinski definition) is 0. The zero-order valence-corrected chi connectivity index (χ0v) is 38.2. The molecule has 0 spiro atoms. The minimum atomic E-state index is -2.44. The molecule has 0 N–H and O–H groups in total. The van der Waals surface area contributed by atoms with E-state index in [0.29, 0.717) is 0 Å². The van der Waals surface area contributed by atoms with Crippen molar-refractivity contribution in [3.63, 3.8) is 0 Å². The van der Waals surface area contributed by atoms with Crippen molar-refractivity contribution in [2.24, 2.45) is 0 Å². The van der Waals surface area contributed by atoms with Gasteiger partial charge in [-0.2, -0.15) is 0 Å². The Labute approximate surface area is 359 Å². The van der Waals surface area contributed by atoms with Gasteiger partial charge < -0.3 is 0 Å². The normalized spacial score (nSPS) is 14.9. The van der Waals surface area contributed by atoms with Crippen LogP contribution in [0.2, 0.25) is 0 Å². The average Bonchev–Trinajstić information content (AvgIpc) is 4.10. The molecule has 0 amide bonds. The maximum absolute atomic E-state index is 4.90. The molecule has 0 radical (unpaired) electrons. The molecule has 3 heterocycles. The van der Waals surface area contributed by atoms with Crippen LogP contribution in [0.5, 0.6) is 0 Å². The van der Waals surface area contributed by atoms with Gasteiger partial charge in [-0.25, -0.2) is 0 Å². The first kappa shape index (κ1) is 39.3. The van der Waals surface area contributed by atoms with Gasteiger partial charge in [0, 0.05) is 9.75 Å². The van der Waals surface area contributed by atoms with Crippen LogP contribution in [0, 0.1) is 30.1 Å². The fourth-order valence-electron chi connectivity index (χ4n) is 7.96. The number of allylic oxidation sites excluding steroid dienone is 7. The molecule has 7 aromatic rings. The zero-order chi connectivity index (χ0) is 39.4. The Morgan fingerprint density at radius 2 is 1.23 bits per heavy atom. The monoisotopic (exact) mass is 988 g/mol. The fraction of sp³-hybridized carbons (Fsp3) is 0.140.